The first-order valence-electron chi connectivity index (χ1n) is 6.83. The van der Waals surface area contributed by atoms with Crippen molar-refractivity contribution in [1.82, 2.24) is 5.32 Å². The fourth-order valence-corrected chi connectivity index (χ4v) is 2.45. The molecule has 1 atom stereocenters. The van der Waals surface area contributed by atoms with E-state index in [1.165, 1.54) is 6.07 Å². The second kappa shape index (κ2) is 5.63. The van der Waals surface area contributed by atoms with Gasteiger partial charge in [-0.25, -0.2) is 4.79 Å². The molecule has 0 saturated carbocycles. The molecule has 1 fully saturated rings. The molecule has 5 nitrogen and oxygen atoms in total. The van der Waals surface area contributed by atoms with Gasteiger partial charge in [-0.15, -0.1) is 0 Å². The van der Waals surface area contributed by atoms with Crippen molar-refractivity contribution in [2.75, 3.05) is 11.9 Å². The van der Waals surface area contributed by atoms with Gasteiger partial charge in [0.05, 0.1) is 11.1 Å². The third-order valence-electron chi connectivity index (χ3n) is 3.85. The van der Waals surface area contributed by atoms with Gasteiger partial charge in [0.25, 0.3) is 0 Å². The molecular formula is C15H20N2O3. The molecular weight excluding hydrogens is 256 g/mol. The highest BCUT2D eigenvalue weighted by Gasteiger charge is 2.34. The van der Waals surface area contributed by atoms with Crippen molar-refractivity contribution in [3.63, 3.8) is 0 Å². The van der Waals surface area contributed by atoms with E-state index in [1.54, 1.807) is 19.1 Å². The Morgan fingerprint density at radius 2 is 2.10 bits per heavy atom. The van der Waals surface area contributed by atoms with E-state index >= 15 is 0 Å². The highest BCUT2D eigenvalue weighted by atomic mass is 16.4. The van der Waals surface area contributed by atoms with Gasteiger partial charge in [-0.05, 0) is 57.4 Å². The second-order valence-corrected chi connectivity index (χ2v) is 5.50. The summed E-state index contributed by atoms with van der Waals surface area (Å²) < 4.78 is 0. The van der Waals surface area contributed by atoms with Gasteiger partial charge in [0, 0.05) is 5.69 Å². The number of carbonyl (C=O) groups is 2. The van der Waals surface area contributed by atoms with E-state index < -0.39 is 11.5 Å². The molecule has 1 aliphatic heterocycles. The smallest absolute Gasteiger partial charge is 0.336 e. The number of anilines is 1. The van der Waals surface area contributed by atoms with Gasteiger partial charge in [-0.3, -0.25) is 4.79 Å². The number of hydrogen-bond donors (Lipinski definition) is 3. The molecule has 1 unspecified atom stereocenters. The quantitative estimate of drug-likeness (QED) is 0.790. The van der Waals surface area contributed by atoms with E-state index in [0.29, 0.717) is 11.3 Å². The van der Waals surface area contributed by atoms with E-state index in [-0.39, 0.29) is 11.5 Å². The normalized spacial score (nSPS) is 22.3. The van der Waals surface area contributed by atoms with Crippen LogP contribution in [0.2, 0.25) is 0 Å². The fourth-order valence-electron chi connectivity index (χ4n) is 2.45. The van der Waals surface area contributed by atoms with Crippen LogP contribution in [0.15, 0.2) is 18.2 Å². The molecule has 5 heteroatoms. The Labute approximate surface area is 118 Å². The minimum atomic E-state index is -0.986. The lowest BCUT2D eigenvalue weighted by atomic mass is 9.90. The highest BCUT2D eigenvalue weighted by Crippen LogP contribution is 2.22. The van der Waals surface area contributed by atoms with Gasteiger partial charge in [0.1, 0.15) is 0 Å². The predicted octanol–water partition coefficient (Wildman–Crippen LogP) is 2.16. The van der Waals surface area contributed by atoms with E-state index in [2.05, 4.69) is 10.6 Å². The van der Waals surface area contributed by atoms with Gasteiger partial charge in [0.15, 0.2) is 0 Å². The number of amides is 1. The maximum Gasteiger partial charge on any atom is 0.336 e. The molecule has 0 bridgehead atoms. The third-order valence-corrected chi connectivity index (χ3v) is 3.85. The van der Waals surface area contributed by atoms with E-state index in [9.17, 15) is 9.59 Å². The largest absolute Gasteiger partial charge is 0.478 e. The van der Waals surface area contributed by atoms with Crippen molar-refractivity contribution in [3.05, 3.63) is 29.3 Å². The first kappa shape index (κ1) is 14.5. The first-order valence-corrected chi connectivity index (χ1v) is 6.83. The Balaban J connectivity index is 2.15. The van der Waals surface area contributed by atoms with Gasteiger partial charge in [-0.1, -0.05) is 6.07 Å². The van der Waals surface area contributed by atoms with Crippen molar-refractivity contribution in [2.45, 2.75) is 38.6 Å². The zero-order valence-corrected chi connectivity index (χ0v) is 11.8. The van der Waals surface area contributed by atoms with Crippen molar-refractivity contribution in [3.8, 4) is 0 Å². The zero-order valence-electron chi connectivity index (χ0n) is 11.8. The summed E-state index contributed by atoms with van der Waals surface area (Å²) in [6.07, 6.45) is 2.89. The molecule has 1 aliphatic rings. The number of aryl methyl sites for hydroxylation is 1. The van der Waals surface area contributed by atoms with E-state index in [0.717, 1.165) is 25.8 Å². The Morgan fingerprint density at radius 1 is 1.35 bits per heavy atom. The number of benzene rings is 1. The van der Waals surface area contributed by atoms with Crippen LogP contribution in [0.4, 0.5) is 5.69 Å². The summed E-state index contributed by atoms with van der Waals surface area (Å²) >= 11 is 0. The van der Waals surface area contributed by atoms with Crippen molar-refractivity contribution in [2.24, 2.45) is 0 Å². The molecule has 0 aromatic heterocycles. The number of rotatable bonds is 3. The summed E-state index contributed by atoms with van der Waals surface area (Å²) in [5.41, 5.74) is 0.834. The number of hydrogen-bond acceptors (Lipinski definition) is 3. The van der Waals surface area contributed by atoms with Crippen molar-refractivity contribution < 1.29 is 14.7 Å². The Kier molecular flexibility index (Phi) is 4.09. The number of aromatic carboxylic acids is 1. The third kappa shape index (κ3) is 2.99. The average Bonchev–Trinajstić information content (AvgIpc) is 2.41. The molecule has 0 aliphatic carbocycles. The Morgan fingerprint density at radius 3 is 2.70 bits per heavy atom. The summed E-state index contributed by atoms with van der Waals surface area (Å²) in [5, 5.41) is 15.1. The van der Waals surface area contributed by atoms with Gasteiger partial charge in [-0.2, -0.15) is 0 Å². The second-order valence-electron chi connectivity index (χ2n) is 5.50. The minimum absolute atomic E-state index is 0.114. The Hall–Kier alpha value is -1.88. The molecule has 108 valence electrons. The van der Waals surface area contributed by atoms with Gasteiger partial charge >= 0.3 is 5.97 Å². The molecule has 20 heavy (non-hydrogen) atoms. The number of carboxylic acids is 1. The molecule has 0 radical (unpaired) electrons. The summed E-state index contributed by atoms with van der Waals surface area (Å²) in [4.78, 5) is 23.4. The van der Waals surface area contributed by atoms with Crippen molar-refractivity contribution >= 4 is 17.6 Å². The number of carbonyl (C=O) groups excluding carboxylic acids is 1. The summed E-state index contributed by atoms with van der Waals surface area (Å²) in [7, 11) is 0. The lowest BCUT2D eigenvalue weighted by Crippen LogP contribution is -2.54. The average molecular weight is 276 g/mol. The monoisotopic (exact) mass is 276 g/mol. The summed E-state index contributed by atoms with van der Waals surface area (Å²) in [5.74, 6) is -1.10. The predicted molar refractivity (Wildman–Crippen MR) is 77.0 cm³/mol. The van der Waals surface area contributed by atoms with Crippen LogP contribution in [0.3, 0.4) is 0 Å². The lowest BCUT2D eigenvalue weighted by molar-refractivity contribution is -0.122. The van der Waals surface area contributed by atoms with Crippen LogP contribution in [-0.2, 0) is 4.79 Å². The Bertz CT molecular complexity index is 534. The summed E-state index contributed by atoms with van der Waals surface area (Å²) in [6.45, 7) is 4.45. The number of nitrogens with one attached hydrogen (secondary N) is 2. The maximum absolute atomic E-state index is 12.3. The molecule has 1 aromatic carbocycles. The van der Waals surface area contributed by atoms with Crippen LogP contribution in [0, 0.1) is 6.92 Å². The molecule has 1 amide bonds. The van der Waals surface area contributed by atoms with Gasteiger partial charge in [0.2, 0.25) is 5.91 Å². The molecule has 0 spiro atoms. The molecule has 3 N–H and O–H groups in total. The zero-order chi connectivity index (χ0) is 14.8. The molecule has 1 heterocycles. The van der Waals surface area contributed by atoms with E-state index in [1.807, 2.05) is 6.92 Å². The first-order chi connectivity index (χ1) is 9.42. The highest BCUT2D eigenvalue weighted by molar-refractivity contribution is 5.99. The fraction of sp³-hybridized carbons (Fsp3) is 0.467. The van der Waals surface area contributed by atoms with Crippen LogP contribution in [0.5, 0.6) is 0 Å². The minimum Gasteiger partial charge on any atom is -0.478 e. The number of piperidine rings is 1. The molecule has 1 saturated heterocycles. The maximum atomic E-state index is 12.3. The SMILES string of the molecule is Cc1ccc(NC(=O)C2(C)CCCCN2)cc1C(=O)O. The van der Waals surface area contributed by atoms with Crippen LogP contribution in [0.25, 0.3) is 0 Å². The van der Waals surface area contributed by atoms with Crippen LogP contribution in [0.1, 0.15) is 42.1 Å². The van der Waals surface area contributed by atoms with Crippen LogP contribution >= 0.6 is 0 Å². The molecule has 1 aromatic rings. The topological polar surface area (TPSA) is 78.4 Å². The molecule has 2 rings (SSSR count). The van der Waals surface area contributed by atoms with Crippen LogP contribution < -0.4 is 10.6 Å². The number of carboxylic acid groups (broad SMARTS) is 1. The lowest BCUT2D eigenvalue weighted by Gasteiger charge is -2.33. The standard InChI is InChI=1S/C15H20N2O3/c1-10-5-6-11(9-12(10)13(18)19)17-14(20)15(2)7-3-4-8-16-15/h5-6,9,16H,3-4,7-8H2,1-2H3,(H,17,20)(H,18,19). The van der Waals surface area contributed by atoms with Gasteiger partial charge < -0.3 is 15.7 Å². The summed E-state index contributed by atoms with van der Waals surface area (Å²) in [6, 6.07) is 4.93. The van der Waals surface area contributed by atoms with Crippen molar-refractivity contribution in [1.29, 1.82) is 0 Å². The van der Waals surface area contributed by atoms with Crippen LogP contribution in [-0.4, -0.2) is 29.1 Å². The van der Waals surface area contributed by atoms with E-state index in [4.69, 9.17) is 5.11 Å².